The molecule has 0 bridgehead atoms. The van der Waals surface area contributed by atoms with Gasteiger partial charge in [0.05, 0.1) is 17.6 Å². The molecule has 7 nitrogen and oxygen atoms in total. The van der Waals surface area contributed by atoms with Gasteiger partial charge in [0.25, 0.3) is 0 Å². The number of nitro groups is 1. The van der Waals surface area contributed by atoms with Crippen molar-refractivity contribution < 1.29 is 14.5 Å². The lowest BCUT2D eigenvalue weighted by atomic mass is 10.1. The summed E-state index contributed by atoms with van der Waals surface area (Å²) in [5.41, 5.74) is 5.98. The number of amides is 1. The van der Waals surface area contributed by atoms with E-state index in [1.165, 1.54) is 6.07 Å². The Hall–Kier alpha value is -2.15. The van der Waals surface area contributed by atoms with E-state index in [0.717, 1.165) is 5.56 Å². The van der Waals surface area contributed by atoms with E-state index in [-0.39, 0.29) is 18.0 Å². The fourth-order valence-corrected chi connectivity index (χ4v) is 1.76. The topological polar surface area (TPSA) is 107 Å². The van der Waals surface area contributed by atoms with E-state index in [0.29, 0.717) is 12.8 Å². The quantitative estimate of drug-likeness (QED) is 0.546. The van der Waals surface area contributed by atoms with Crippen LogP contribution in [0.2, 0.25) is 0 Å². The first-order chi connectivity index (χ1) is 9.49. The standard InChI is InChI=1S/C13H19N3O4/c1-3-9-4-5-12(11(8-9)16(18)19)20-7-6-10(15-2)13(14)17/h4-5,8,10,15H,3,6-7H2,1-2H3,(H2,14,17). The molecule has 0 spiro atoms. The Morgan fingerprint density at radius 3 is 2.75 bits per heavy atom. The van der Waals surface area contributed by atoms with Crippen molar-refractivity contribution in [2.45, 2.75) is 25.8 Å². The molecule has 1 aromatic carbocycles. The smallest absolute Gasteiger partial charge is 0.311 e. The maximum Gasteiger partial charge on any atom is 0.311 e. The normalized spacial score (nSPS) is 11.9. The average molecular weight is 281 g/mol. The number of benzene rings is 1. The van der Waals surface area contributed by atoms with Crippen molar-refractivity contribution in [1.29, 1.82) is 0 Å². The summed E-state index contributed by atoms with van der Waals surface area (Å²) in [6.07, 6.45) is 1.06. The van der Waals surface area contributed by atoms with Crippen LogP contribution in [-0.4, -0.2) is 30.5 Å². The molecule has 0 heterocycles. The van der Waals surface area contributed by atoms with Gasteiger partial charge in [0.15, 0.2) is 5.75 Å². The Bertz CT molecular complexity index is 491. The van der Waals surface area contributed by atoms with Crippen LogP contribution in [0.3, 0.4) is 0 Å². The van der Waals surface area contributed by atoms with Crippen LogP contribution in [0, 0.1) is 10.1 Å². The summed E-state index contributed by atoms with van der Waals surface area (Å²) in [6, 6.07) is 4.35. The molecule has 0 aromatic heterocycles. The first-order valence-corrected chi connectivity index (χ1v) is 6.36. The van der Waals surface area contributed by atoms with Gasteiger partial charge in [0.1, 0.15) is 0 Å². The second kappa shape index (κ2) is 7.44. The van der Waals surface area contributed by atoms with Crippen LogP contribution in [0.4, 0.5) is 5.69 Å². The van der Waals surface area contributed by atoms with Gasteiger partial charge >= 0.3 is 5.69 Å². The molecular weight excluding hydrogens is 262 g/mol. The molecule has 1 unspecified atom stereocenters. The minimum atomic E-state index is -0.510. The molecule has 20 heavy (non-hydrogen) atoms. The highest BCUT2D eigenvalue weighted by Gasteiger charge is 2.17. The van der Waals surface area contributed by atoms with Gasteiger partial charge in [-0.2, -0.15) is 0 Å². The summed E-state index contributed by atoms with van der Waals surface area (Å²) in [6.45, 7) is 2.09. The molecule has 7 heteroatoms. The number of rotatable bonds is 8. The van der Waals surface area contributed by atoms with Gasteiger partial charge < -0.3 is 15.8 Å². The third kappa shape index (κ3) is 4.20. The van der Waals surface area contributed by atoms with Crippen molar-refractivity contribution in [2.24, 2.45) is 5.73 Å². The third-order valence-corrected chi connectivity index (χ3v) is 2.98. The van der Waals surface area contributed by atoms with E-state index >= 15 is 0 Å². The van der Waals surface area contributed by atoms with Crippen LogP contribution in [0.15, 0.2) is 18.2 Å². The number of nitro benzene ring substituents is 1. The van der Waals surface area contributed by atoms with Gasteiger partial charge in [-0.05, 0) is 25.1 Å². The number of primary amides is 1. The van der Waals surface area contributed by atoms with Gasteiger partial charge in [-0.3, -0.25) is 14.9 Å². The second-order valence-electron chi connectivity index (χ2n) is 4.29. The van der Waals surface area contributed by atoms with Crippen LogP contribution in [0.1, 0.15) is 18.9 Å². The van der Waals surface area contributed by atoms with Crippen LogP contribution < -0.4 is 15.8 Å². The molecule has 1 rings (SSSR count). The van der Waals surface area contributed by atoms with E-state index in [2.05, 4.69) is 5.32 Å². The monoisotopic (exact) mass is 281 g/mol. The molecule has 110 valence electrons. The van der Waals surface area contributed by atoms with Gasteiger partial charge in [-0.15, -0.1) is 0 Å². The zero-order valence-electron chi connectivity index (χ0n) is 11.6. The highest BCUT2D eigenvalue weighted by atomic mass is 16.6. The SMILES string of the molecule is CCc1ccc(OCCC(NC)C(N)=O)c([N+](=O)[O-])c1. The lowest BCUT2D eigenvalue weighted by Gasteiger charge is -2.13. The second-order valence-corrected chi connectivity index (χ2v) is 4.29. The molecule has 0 radical (unpaired) electrons. The lowest BCUT2D eigenvalue weighted by Crippen LogP contribution is -2.40. The van der Waals surface area contributed by atoms with Crippen LogP contribution in [0.5, 0.6) is 5.75 Å². The number of nitrogens with one attached hydrogen (secondary N) is 1. The third-order valence-electron chi connectivity index (χ3n) is 2.98. The number of hydrogen-bond donors (Lipinski definition) is 2. The van der Waals surface area contributed by atoms with Crippen LogP contribution in [0.25, 0.3) is 0 Å². The molecule has 1 amide bonds. The first-order valence-electron chi connectivity index (χ1n) is 6.36. The van der Waals surface area contributed by atoms with Gasteiger partial charge in [0, 0.05) is 12.5 Å². The molecule has 0 aliphatic rings. The maximum absolute atomic E-state index is 11.0. The summed E-state index contributed by atoms with van der Waals surface area (Å²) in [4.78, 5) is 21.5. The maximum atomic E-state index is 11.0. The van der Waals surface area contributed by atoms with Crippen molar-refractivity contribution in [1.82, 2.24) is 5.32 Å². The molecule has 0 saturated carbocycles. The highest BCUT2D eigenvalue weighted by Crippen LogP contribution is 2.28. The molecule has 3 N–H and O–H groups in total. The predicted molar refractivity (Wildman–Crippen MR) is 74.6 cm³/mol. The Morgan fingerprint density at radius 2 is 2.25 bits per heavy atom. The minimum absolute atomic E-state index is 0.0653. The number of likely N-dealkylation sites (N-methyl/N-ethyl adjacent to an activating group) is 1. The molecular formula is C13H19N3O4. The lowest BCUT2D eigenvalue weighted by molar-refractivity contribution is -0.385. The van der Waals surface area contributed by atoms with E-state index in [4.69, 9.17) is 10.5 Å². The summed E-state index contributed by atoms with van der Waals surface area (Å²) in [5, 5.41) is 13.7. The van der Waals surface area contributed by atoms with Crippen molar-refractivity contribution >= 4 is 11.6 Å². The van der Waals surface area contributed by atoms with E-state index < -0.39 is 16.9 Å². The Labute approximate surface area is 117 Å². The largest absolute Gasteiger partial charge is 0.487 e. The highest BCUT2D eigenvalue weighted by molar-refractivity contribution is 5.79. The zero-order chi connectivity index (χ0) is 15.1. The van der Waals surface area contributed by atoms with E-state index in [1.54, 1.807) is 19.2 Å². The molecule has 0 aliphatic carbocycles. The van der Waals surface area contributed by atoms with Crippen molar-refractivity contribution in [3.8, 4) is 5.75 Å². The van der Waals surface area contributed by atoms with Gasteiger partial charge in [-0.25, -0.2) is 0 Å². The Kier molecular flexibility index (Phi) is 5.92. The summed E-state index contributed by atoms with van der Waals surface area (Å²) in [5.74, 6) is -0.279. The van der Waals surface area contributed by atoms with Gasteiger partial charge in [-0.1, -0.05) is 13.0 Å². The number of ether oxygens (including phenoxy) is 1. The Morgan fingerprint density at radius 1 is 1.55 bits per heavy atom. The number of hydrogen-bond acceptors (Lipinski definition) is 5. The zero-order valence-corrected chi connectivity index (χ0v) is 11.6. The van der Waals surface area contributed by atoms with Crippen molar-refractivity contribution in [2.75, 3.05) is 13.7 Å². The van der Waals surface area contributed by atoms with Gasteiger partial charge in [0.2, 0.25) is 5.91 Å². The first kappa shape index (κ1) is 15.9. The molecule has 1 atom stereocenters. The molecule has 0 fully saturated rings. The number of carbonyl (C=O) groups is 1. The predicted octanol–water partition coefficient (Wildman–Crippen LogP) is 0.999. The summed E-state index contributed by atoms with van der Waals surface area (Å²) >= 11 is 0. The molecule has 1 aromatic rings. The van der Waals surface area contributed by atoms with Crippen LogP contribution in [-0.2, 0) is 11.2 Å². The van der Waals surface area contributed by atoms with Crippen molar-refractivity contribution in [3.05, 3.63) is 33.9 Å². The minimum Gasteiger partial charge on any atom is -0.487 e. The van der Waals surface area contributed by atoms with Crippen LogP contribution >= 0.6 is 0 Å². The average Bonchev–Trinajstić information content (AvgIpc) is 2.43. The fourth-order valence-electron chi connectivity index (χ4n) is 1.76. The summed E-state index contributed by atoms with van der Waals surface area (Å²) < 4.78 is 5.39. The molecule has 0 aliphatic heterocycles. The number of nitrogens with zero attached hydrogens (tertiary/aromatic N) is 1. The number of aryl methyl sites for hydroxylation is 1. The van der Waals surface area contributed by atoms with E-state index in [9.17, 15) is 14.9 Å². The summed E-state index contributed by atoms with van der Waals surface area (Å²) in [7, 11) is 1.62. The molecule has 0 saturated heterocycles. The fraction of sp³-hybridized carbons (Fsp3) is 0.462. The number of carbonyl (C=O) groups excluding carboxylic acids is 1. The van der Waals surface area contributed by atoms with E-state index in [1.807, 2.05) is 6.92 Å². The Balaban J connectivity index is 2.72. The number of nitrogens with two attached hydrogens (primary N) is 1. The van der Waals surface area contributed by atoms with Crippen molar-refractivity contribution in [3.63, 3.8) is 0 Å².